The van der Waals surface area contributed by atoms with E-state index in [0.717, 1.165) is 29.7 Å². The van der Waals surface area contributed by atoms with Crippen LogP contribution < -0.4 is 5.32 Å². The van der Waals surface area contributed by atoms with Gasteiger partial charge in [-0.2, -0.15) is 0 Å². The first-order valence-electron chi connectivity index (χ1n) is 5.95. The number of nitrogens with one attached hydrogen (secondary N) is 2. The number of imidazole rings is 1. The van der Waals surface area contributed by atoms with E-state index in [2.05, 4.69) is 28.3 Å². The van der Waals surface area contributed by atoms with E-state index >= 15 is 0 Å². The first kappa shape index (κ1) is 10.3. The molecule has 0 bridgehead atoms. The van der Waals surface area contributed by atoms with Crippen LogP contribution in [0.5, 0.6) is 0 Å². The molecule has 0 aliphatic heterocycles. The number of aromatic amines is 1. The van der Waals surface area contributed by atoms with Gasteiger partial charge in [0.25, 0.3) is 0 Å². The minimum Gasteiger partial charge on any atom is -0.349 e. The molecule has 0 atom stereocenters. The summed E-state index contributed by atoms with van der Waals surface area (Å²) in [5.74, 6) is 1.22. The molecule has 0 spiro atoms. The lowest BCUT2D eigenvalue weighted by molar-refractivity contribution is -0.122. The molecule has 3 rings (SSSR count). The summed E-state index contributed by atoms with van der Waals surface area (Å²) >= 11 is 0. The standard InChI is InChI=1S/C13H15N3O/c1-8-2-5-10-11(6-8)16-12(15-10)7-14-13(17)9-3-4-9/h2,5-6,9H,3-4,7H2,1H3,(H,14,17)(H,15,16). The van der Waals surface area contributed by atoms with Crippen molar-refractivity contribution in [2.24, 2.45) is 5.92 Å². The molecule has 1 aromatic carbocycles. The summed E-state index contributed by atoms with van der Waals surface area (Å²) in [5, 5.41) is 2.90. The smallest absolute Gasteiger partial charge is 0.223 e. The predicted molar refractivity (Wildman–Crippen MR) is 65.4 cm³/mol. The van der Waals surface area contributed by atoms with Crippen molar-refractivity contribution in [3.63, 3.8) is 0 Å². The molecule has 1 aromatic heterocycles. The van der Waals surface area contributed by atoms with Crippen molar-refractivity contribution in [1.29, 1.82) is 0 Å². The number of H-pyrrole nitrogens is 1. The summed E-state index contributed by atoms with van der Waals surface area (Å²) in [6.07, 6.45) is 2.07. The number of aryl methyl sites for hydroxylation is 1. The quantitative estimate of drug-likeness (QED) is 0.844. The average Bonchev–Trinajstić information content (AvgIpc) is 3.07. The van der Waals surface area contributed by atoms with Gasteiger partial charge in [0, 0.05) is 5.92 Å². The van der Waals surface area contributed by atoms with E-state index in [1.807, 2.05) is 12.1 Å². The fraction of sp³-hybridized carbons (Fsp3) is 0.385. The normalized spacial score (nSPS) is 15.1. The third-order valence-electron chi connectivity index (χ3n) is 3.06. The van der Waals surface area contributed by atoms with Gasteiger partial charge in [-0.25, -0.2) is 4.98 Å². The Morgan fingerprint density at radius 3 is 3.12 bits per heavy atom. The van der Waals surface area contributed by atoms with E-state index in [4.69, 9.17) is 0 Å². The van der Waals surface area contributed by atoms with Crippen molar-refractivity contribution in [3.8, 4) is 0 Å². The fourth-order valence-corrected chi connectivity index (χ4v) is 1.92. The fourth-order valence-electron chi connectivity index (χ4n) is 1.92. The van der Waals surface area contributed by atoms with Gasteiger partial charge in [-0.3, -0.25) is 4.79 Å². The number of carbonyl (C=O) groups is 1. The number of nitrogens with zero attached hydrogens (tertiary/aromatic N) is 1. The van der Waals surface area contributed by atoms with E-state index in [1.54, 1.807) is 0 Å². The van der Waals surface area contributed by atoms with Gasteiger partial charge in [0.15, 0.2) is 0 Å². The monoisotopic (exact) mass is 229 g/mol. The van der Waals surface area contributed by atoms with Gasteiger partial charge < -0.3 is 10.3 Å². The number of carbonyl (C=O) groups excluding carboxylic acids is 1. The lowest BCUT2D eigenvalue weighted by Gasteiger charge is -2.00. The highest BCUT2D eigenvalue weighted by Gasteiger charge is 2.29. The van der Waals surface area contributed by atoms with E-state index in [9.17, 15) is 4.79 Å². The molecule has 1 saturated carbocycles. The van der Waals surface area contributed by atoms with Gasteiger partial charge in [0.2, 0.25) is 5.91 Å². The summed E-state index contributed by atoms with van der Waals surface area (Å²) in [6.45, 7) is 2.54. The van der Waals surface area contributed by atoms with Crippen LogP contribution >= 0.6 is 0 Å². The number of amides is 1. The highest BCUT2D eigenvalue weighted by atomic mass is 16.2. The van der Waals surface area contributed by atoms with Crippen molar-refractivity contribution in [2.75, 3.05) is 0 Å². The summed E-state index contributed by atoms with van der Waals surface area (Å²) in [5.41, 5.74) is 3.18. The molecule has 2 N–H and O–H groups in total. The van der Waals surface area contributed by atoms with Crippen LogP contribution in [0.1, 0.15) is 24.2 Å². The molecule has 17 heavy (non-hydrogen) atoms. The molecule has 88 valence electrons. The molecule has 4 heteroatoms. The number of benzene rings is 1. The highest BCUT2D eigenvalue weighted by molar-refractivity contribution is 5.81. The van der Waals surface area contributed by atoms with Gasteiger partial charge in [0.1, 0.15) is 5.82 Å². The van der Waals surface area contributed by atoms with Crippen LogP contribution in [0.3, 0.4) is 0 Å². The Hall–Kier alpha value is -1.84. The number of aromatic nitrogens is 2. The molecule has 0 radical (unpaired) electrons. The third kappa shape index (κ3) is 2.16. The zero-order valence-corrected chi connectivity index (χ0v) is 9.79. The van der Waals surface area contributed by atoms with Crippen molar-refractivity contribution >= 4 is 16.9 Å². The molecular weight excluding hydrogens is 214 g/mol. The van der Waals surface area contributed by atoms with E-state index < -0.39 is 0 Å². The Morgan fingerprint density at radius 2 is 2.35 bits per heavy atom. The maximum atomic E-state index is 11.5. The topological polar surface area (TPSA) is 57.8 Å². The zero-order valence-electron chi connectivity index (χ0n) is 9.79. The van der Waals surface area contributed by atoms with E-state index in [-0.39, 0.29) is 11.8 Å². The highest BCUT2D eigenvalue weighted by Crippen LogP contribution is 2.28. The van der Waals surface area contributed by atoms with Crippen LogP contribution in [0.25, 0.3) is 11.0 Å². The largest absolute Gasteiger partial charge is 0.349 e. The second-order valence-corrected chi connectivity index (χ2v) is 4.70. The number of rotatable bonds is 3. The first-order valence-corrected chi connectivity index (χ1v) is 5.95. The van der Waals surface area contributed by atoms with Crippen molar-refractivity contribution in [3.05, 3.63) is 29.6 Å². The van der Waals surface area contributed by atoms with Crippen LogP contribution in [-0.4, -0.2) is 15.9 Å². The van der Waals surface area contributed by atoms with Gasteiger partial charge in [-0.15, -0.1) is 0 Å². The molecule has 0 saturated heterocycles. The maximum absolute atomic E-state index is 11.5. The Kier molecular flexibility index (Phi) is 2.35. The molecule has 1 fully saturated rings. The summed E-state index contributed by atoms with van der Waals surface area (Å²) in [4.78, 5) is 19.2. The molecule has 1 aliphatic rings. The van der Waals surface area contributed by atoms with Crippen molar-refractivity contribution < 1.29 is 4.79 Å². The van der Waals surface area contributed by atoms with Gasteiger partial charge >= 0.3 is 0 Å². The molecule has 1 heterocycles. The molecular formula is C13H15N3O. The van der Waals surface area contributed by atoms with Crippen molar-refractivity contribution in [1.82, 2.24) is 15.3 Å². The Labute approximate surface area is 99.4 Å². The Morgan fingerprint density at radius 1 is 1.53 bits per heavy atom. The second-order valence-electron chi connectivity index (χ2n) is 4.70. The summed E-state index contributed by atoms with van der Waals surface area (Å²) in [6, 6.07) is 6.09. The zero-order chi connectivity index (χ0) is 11.8. The minimum absolute atomic E-state index is 0.154. The lowest BCUT2D eigenvalue weighted by atomic mass is 10.2. The average molecular weight is 229 g/mol. The van der Waals surface area contributed by atoms with Gasteiger partial charge in [0.05, 0.1) is 17.6 Å². The molecule has 4 nitrogen and oxygen atoms in total. The molecule has 1 aliphatic carbocycles. The van der Waals surface area contributed by atoms with Crippen LogP contribution in [0.2, 0.25) is 0 Å². The SMILES string of the molecule is Cc1ccc2nc(CNC(=O)C3CC3)[nH]c2c1. The van der Waals surface area contributed by atoms with Gasteiger partial charge in [-0.1, -0.05) is 6.07 Å². The Bertz CT molecular complexity index is 569. The lowest BCUT2D eigenvalue weighted by Crippen LogP contribution is -2.24. The summed E-state index contributed by atoms with van der Waals surface area (Å²) in [7, 11) is 0. The second kappa shape index (κ2) is 3.87. The van der Waals surface area contributed by atoms with Crippen molar-refractivity contribution in [2.45, 2.75) is 26.3 Å². The first-order chi connectivity index (χ1) is 8.22. The Balaban J connectivity index is 1.74. The van der Waals surface area contributed by atoms with Crippen LogP contribution in [0.15, 0.2) is 18.2 Å². The summed E-state index contributed by atoms with van der Waals surface area (Å²) < 4.78 is 0. The molecule has 2 aromatic rings. The molecule has 1 amide bonds. The predicted octanol–water partition coefficient (Wildman–Crippen LogP) is 1.90. The van der Waals surface area contributed by atoms with E-state index in [1.165, 1.54) is 5.56 Å². The number of fused-ring (bicyclic) bond motifs is 1. The van der Waals surface area contributed by atoms with Gasteiger partial charge in [-0.05, 0) is 37.5 Å². The van der Waals surface area contributed by atoms with Crippen LogP contribution in [0.4, 0.5) is 0 Å². The third-order valence-corrected chi connectivity index (χ3v) is 3.06. The molecule has 0 unspecified atom stereocenters. The van der Waals surface area contributed by atoms with Crippen LogP contribution in [-0.2, 0) is 11.3 Å². The minimum atomic E-state index is 0.154. The number of hydrogen-bond donors (Lipinski definition) is 2. The van der Waals surface area contributed by atoms with E-state index in [0.29, 0.717) is 6.54 Å². The van der Waals surface area contributed by atoms with Crippen LogP contribution in [0, 0.1) is 12.8 Å². The number of hydrogen-bond acceptors (Lipinski definition) is 2. The maximum Gasteiger partial charge on any atom is 0.223 e.